The van der Waals surface area contributed by atoms with Crippen LogP contribution < -0.4 is 0 Å². The molecule has 0 amide bonds. The van der Waals surface area contributed by atoms with E-state index in [9.17, 15) is 5.11 Å². The number of aryl methyl sites for hydroxylation is 2. The molecule has 0 spiro atoms. The minimum Gasteiger partial charge on any atom is -0.493 e. The van der Waals surface area contributed by atoms with Crippen LogP contribution in [-0.4, -0.2) is 26.6 Å². The third-order valence-electron chi connectivity index (χ3n) is 1.67. The monoisotopic (exact) mass is 156 g/mol. The summed E-state index contributed by atoms with van der Waals surface area (Å²) < 4.78 is 1.40. The maximum absolute atomic E-state index is 9.34. The molecule has 1 aromatic heterocycles. The van der Waals surface area contributed by atoms with Crippen molar-refractivity contribution >= 4 is 0 Å². The van der Waals surface area contributed by atoms with E-state index < -0.39 is 0 Å². The standard InChI is InChI=1S/C7H12N2O2/c1-5-6(3-4-10)7(11)9(2)8-5/h10-11H,3-4H2,1-2H3. The maximum atomic E-state index is 9.34. The van der Waals surface area contributed by atoms with Gasteiger partial charge in [0.1, 0.15) is 0 Å². The Morgan fingerprint density at radius 1 is 1.55 bits per heavy atom. The van der Waals surface area contributed by atoms with Crippen molar-refractivity contribution in [3.63, 3.8) is 0 Å². The first-order chi connectivity index (χ1) is 5.16. The molecule has 1 heterocycles. The van der Waals surface area contributed by atoms with Crippen molar-refractivity contribution in [1.82, 2.24) is 9.78 Å². The fraction of sp³-hybridized carbons (Fsp3) is 0.571. The number of hydrogen-bond acceptors (Lipinski definition) is 3. The van der Waals surface area contributed by atoms with Gasteiger partial charge in [0, 0.05) is 25.6 Å². The molecule has 0 saturated heterocycles. The molecule has 0 aliphatic rings. The molecule has 4 heteroatoms. The first-order valence-electron chi connectivity index (χ1n) is 3.49. The van der Waals surface area contributed by atoms with Crippen molar-refractivity contribution in [2.24, 2.45) is 7.05 Å². The van der Waals surface area contributed by atoms with Crippen LogP contribution in [0.15, 0.2) is 0 Å². The second-order valence-electron chi connectivity index (χ2n) is 2.48. The number of aromatic hydroxyl groups is 1. The zero-order valence-electron chi connectivity index (χ0n) is 6.70. The lowest BCUT2D eigenvalue weighted by atomic mass is 10.2. The molecule has 0 aromatic carbocycles. The second kappa shape index (κ2) is 2.92. The Morgan fingerprint density at radius 2 is 2.18 bits per heavy atom. The highest BCUT2D eigenvalue weighted by Crippen LogP contribution is 2.19. The summed E-state index contributed by atoms with van der Waals surface area (Å²) in [6.45, 7) is 1.85. The summed E-state index contributed by atoms with van der Waals surface area (Å²) in [5.74, 6) is 0.150. The number of nitrogens with zero attached hydrogens (tertiary/aromatic N) is 2. The molecule has 0 fully saturated rings. The smallest absolute Gasteiger partial charge is 0.212 e. The zero-order chi connectivity index (χ0) is 8.43. The molecule has 0 atom stereocenters. The van der Waals surface area contributed by atoms with Crippen LogP contribution in [-0.2, 0) is 13.5 Å². The van der Waals surface area contributed by atoms with E-state index in [-0.39, 0.29) is 12.5 Å². The molecule has 0 aliphatic carbocycles. The highest BCUT2D eigenvalue weighted by Gasteiger charge is 2.10. The largest absolute Gasteiger partial charge is 0.493 e. The Bertz CT molecular complexity index is 255. The minimum absolute atomic E-state index is 0.0418. The van der Waals surface area contributed by atoms with Gasteiger partial charge in [0.2, 0.25) is 5.88 Å². The molecule has 0 aliphatic heterocycles. The van der Waals surface area contributed by atoms with Crippen molar-refractivity contribution in [3.05, 3.63) is 11.3 Å². The van der Waals surface area contributed by atoms with E-state index in [1.807, 2.05) is 6.92 Å². The van der Waals surface area contributed by atoms with Gasteiger partial charge in [0.15, 0.2) is 0 Å². The molecular formula is C7H12N2O2. The van der Waals surface area contributed by atoms with Crippen LogP contribution in [0.2, 0.25) is 0 Å². The quantitative estimate of drug-likeness (QED) is 0.632. The Balaban J connectivity index is 3.02. The number of aliphatic hydroxyl groups excluding tert-OH is 1. The van der Waals surface area contributed by atoms with Crippen LogP contribution in [0.25, 0.3) is 0 Å². The summed E-state index contributed by atoms with van der Waals surface area (Å²) in [6.07, 6.45) is 0.464. The third kappa shape index (κ3) is 1.35. The average Bonchev–Trinajstić information content (AvgIpc) is 2.17. The average molecular weight is 156 g/mol. The molecule has 0 unspecified atom stereocenters. The van der Waals surface area contributed by atoms with Gasteiger partial charge in [0.05, 0.1) is 5.69 Å². The Morgan fingerprint density at radius 3 is 2.55 bits per heavy atom. The van der Waals surface area contributed by atoms with E-state index in [1.165, 1.54) is 4.68 Å². The molecule has 4 nitrogen and oxygen atoms in total. The third-order valence-corrected chi connectivity index (χ3v) is 1.67. The van der Waals surface area contributed by atoms with Crippen molar-refractivity contribution in [2.75, 3.05) is 6.61 Å². The van der Waals surface area contributed by atoms with Crippen LogP contribution >= 0.6 is 0 Å². The second-order valence-corrected chi connectivity index (χ2v) is 2.48. The van der Waals surface area contributed by atoms with E-state index >= 15 is 0 Å². The molecule has 1 aromatic rings. The normalized spacial score (nSPS) is 10.5. The topological polar surface area (TPSA) is 58.3 Å². The zero-order valence-corrected chi connectivity index (χ0v) is 6.70. The van der Waals surface area contributed by atoms with E-state index in [2.05, 4.69) is 5.10 Å². The number of aromatic nitrogens is 2. The van der Waals surface area contributed by atoms with Gasteiger partial charge in [-0.25, -0.2) is 4.68 Å². The van der Waals surface area contributed by atoms with Gasteiger partial charge in [-0.05, 0) is 6.92 Å². The summed E-state index contributed by atoms with van der Waals surface area (Å²) in [4.78, 5) is 0. The van der Waals surface area contributed by atoms with Gasteiger partial charge < -0.3 is 10.2 Å². The first-order valence-corrected chi connectivity index (χ1v) is 3.49. The van der Waals surface area contributed by atoms with Gasteiger partial charge in [-0.2, -0.15) is 5.10 Å². The Hall–Kier alpha value is -1.03. The number of rotatable bonds is 2. The van der Waals surface area contributed by atoms with Gasteiger partial charge in [-0.1, -0.05) is 0 Å². The van der Waals surface area contributed by atoms with Crippen molar-refractivity contribution in [2.45, 2.75) is 13.3 Å². The van der Waals surface area contributed by atoms with Gasteiger partial charge in [-0.15, -0.1) is 0 Å². The molecule has 0 radical (unpaired) electrons. The summed E-state index contributed by atoms with van der Waals surface area (Å²) in [5.41, 5.74) is 1.51. The lowest BCUT2D eigenvalue weighted by Crippen LogP contribution is -1.91. The van der Waals surface area contributed by atoms with Gasteiger partial charge in [0.25, 0.3) is 0 Å². The van der Waals surface area contributed by atoms with Crippen molar-refractivity contribution in [3.8, 4) is 5.88 Å². The van der Waals surface area contributed by atoms with Crippen LogP contribution in [0.5, 0.6) is 5.88 Å². The Labute approximate surface area is 65.1 Å². The highest BCUT2D eigenvalue weighted by atomic mass is 16.3. The van der Waals surface area contributed by atoms with Crippen LogP contribution in [0.4, 0.5) is 0 Å². The lowest BCUT2D eigenvalue weighted by molar-refractivity contribution is 0.296. The summed E-state index contributed by atoms with van der Waals surface area (Å²) in [7, 11) is 1.67. The molecule has 11 heavy (non-hydrogen) atoms. The fourth-order valence-electron chi connectivity index (χ4n) is 1.09. The molecule has 2 N–H and O–H groups in total. The molecule has 0 saturated carbocycles. The van der Waals surface area contributed by atoms with Crippen molar-refractivity contribution in [1.29, 1.82) is 0 Å². The van der Waals surface area contributed by atoms with Gasteiger partial charge in [-0.3, -0.25) is 0 Å². The predicted molar refractivity (Wildman–Crippen MR) is 40.4 cm³/mol. The minimum atomic E-state index is 0.0418. The summed E-state index contributed by atoms with van der Waals surface area (Å²) in [5, 5.41) is 22.0. The van der Waals surface area contributed by atoms with E-state index in [0.29, 0.717) is 6.42 Å². The molecule has 0 bridgehead atoms. The van der Waals surface area contributed by atoms with E-state index in [0.717, 1.165) is 11.3 Å². The highest BCUT2D eigenvalue weighted by molar-refractivity contribution is 5.29. The van der Waals surface area contributed by atoms with Crippen LogP contribution in [0, 0.1) is 6.92 Å². The van der Waals surface area contributed by atoms with Crippen molar-refractivity contribution < 1.29 is 10.2 Å². The summed E-state index contributed by atoms with van der Waals surface area (Å²) >= 11 is 0. The number of hydrogen-bond donors (Lipinski definition) is 2. The van der Waals surface area contributed by atoms with Crippen LogP contribution in [0.1, 0.15) is 11.3 Å². The fourth-order valence-corrected chi connectivity index (χ4v) is 1.09. The first kappa shape index (κ1) is 8.07. The van der Waals surface area contributed by atoms with E-state index in [4.69, 9.17) is 5.11 Å². The molecular weight excluding hydrogens is 144 g/mol. The SMILES string of the molecule is Cc1nn(C)c(O)c1CCO. The predicted octanol–water partition coefficient (Wildman–Crippen LogP) is -0.0311. The lowest BCUT2D eigenvalue weighted by Gasteiger charge is -1.95. The maximum Gasteiger partial charge on any atom is 0.212 e. The summed E-state index contributed by atoms with van der Waals surface area (Å²) in [6, 6.07) is 0. The van der Waals surface area contributed by atoms with Crippen LogP contribution in [0.3, 0.4) is 0 Å². The Kier molecular flexibility index (Phi) is 2.14. The molecule has 62 valence electrons. The molecule has 1 rings (SSSR count). The number of aliphatic hydroxyl groups is 1. The van der Waals surface area contributed by atoms with E-state index in [1.54, 1.807) is 7.05 Å². The van der Waals surface area contributed by atoms with Gasteiger partial charge >= 0.3 is 0 Å².